The third-order valence-corrected chi connectivity index (χ3v) is 6.71. The molecule has 1 aromatic heterocycles. The van der Waals surface area contributed by atoms with Crippen LogP contribution in [0.4, 0.5) is 5.13 Å². The largest absolute Gasteiger partial charge is 0.497 e. The van der Waals surface area contributed by atoms with Crippen LogP contribution in [0.2, 0.25) is 0 Å². The molecule has 8 nitrogen and oxygen atoms in total. The van der Waals surface area contributed by atoms with Gasteiger partial charge in [0.2, 0.25) is 11.8 Å². The number of aromatic nitrogens is 1. The van der Waals surface area contributed by atoms with Crippen molar-refractivity contribution in [2.75, 3.05) is 39.2 Å². The molecule has 1 aliphatic rings. The van der Waals surface area contributed by atoms with Gasteiger partial charge in [0.15, 0.2) is 5.13 Å². The number of nitrogens with zero attached hydrogens (tertiary/aromatic N) is 2. The van der Waals surface area contributed by atoms with E-state index in [1.165, 1.54) is 11.3 Å². The van der Waals surface area contributed by atoms with Crippen molar-refractivity contribution >= 4 is 28.3 Å². The third-order valence-electron chi connectivity index (χ3n) is 5.95. The Hall–Kier alpha value is -3.43. The van der Waals surface area contributed by atoms with Gasteiger partial charge in [-0.1, -0.05) is 30.3 Å². The average Bonchev–Trinajstić information content (AvgIpc) is 3.37. The molecule has 4 rings (SSSR count). The van der Waals surface area contributed by atoms with Crippen LogP contribution >= 0.6 is 11.3 Å². The van der Waals surface area contributed by atoms with Crippen LogP contribution in [-0.4, -0.2) is 55.6 Å². The number of hydrogen-bond donors (Lipinski definition) is 2. The summed E-state index contributed by atoms with van der Waals surface area (Å²) in [6.45, 7) is 1.50. The van der Waals surface area contributed by atoms with Gasteiger partial charge >= 0.3 is 0 Å². The number of methoxy groups -OCH3 is 2. The molecule has 0 saturated carbocycles. The Labute approximate surface area is 209 Å². The summed E-state index contributed by atoms with van der Waals surface area (Å²) in [5.74, 6) is 1.07. The van der Waals surface area contributed by atoms with Gasteiger partial charge in [0.25, 0.3) is 0 Å². The van der Waals surface area contributed by atoms with Gasteiger partial charge in [0.1, 0.15) is 17.5 Å². The number of carbonyl (C=O) groups excluding carboxylic acids is 2. The molecule has 0 radical (unpaired) electrons. The molecule has 0 spiro atoms. The number of thiazole rings is 1. The summed E-state index contributed by atoms with van der Waals surface area (Å²) in [5.41, 5.74) is 2.35. The zero-order chi connectivity index (χ0) is 24.6. The van der Waals surface area contributed by atoms with Crippen molar-refractivity contribution in [1.29, 1.82) is 0 Å². The van der Waals surface area contributed by atoms with Crippen molar-refractivity contribution in [3.8, 4) is 22.8 Å². The molecular formula is C26H30N4O4S. The first kappa shape index (κ1) is 24.7. The van der Waals surface area contributed by atoms with E-state index in [0.29, 0.717) is 22.3 Å². The highest BCUT2D eigenvalue weighted by Gasteiger charge is 2.27. The molecule has 3 aromatic rings. The van der Waals surface area contributed by atoms with Gasteiger partial charge in [-0.3, -0.25) is 14.9 Å². The molecule has 2 amide bonds. The lowest BCUT2D eigenvalue weighted by molar-refractivity contribution is -0.134. The number of piperidine rings is 1. The first-order valence-corrected chi connectivity index (χ1v) is 12.5. The molecular weight excluding hydrogens is 464 g/mol. The van der Waals surface area contributed by atoms with Crippen LogP contribution in [-0.2, 0) is 9.59 Å². The molecule has 0 unspecified atom stereocenters. The molecule has 1 aliphatic heterocycles. The van der Waals surface area contributed by atoms with Crippen LogP contribution in [0.25, 0.3) is 11.3 Å². The molecule has 0 bridgehead atoms. The summed E-state index contributed by atoms with van der Waals surface area (Å²) in [6.07, 6.45) is 3.17. The highest BCUT2D eigenvalue weighted by molar-refractivity contribution is 7.14. The summed E-state index contributed by atoms with van der Waals surface area (Å²) in [6, 6.07) is 14.5. The van der Waals surface area contributed by atoms with E-state index in [4.69, 9.17) is 9.47 Å². The predicted molar refractivity (Wildman–Crippen MR) is 137 cm³/mol. The molecule has 2 N–H and O–H groups in total. The molecule has 1 fully saturated rings. The fourth-order valence-electron chi connectivity index (χ4n) is 4.11. The molecule has 2 aromatic carbocycles. The van der Waals surface area contributed by atoms with Crippen LogP contribution in [0, 0.1) is 0 Å². The summed E-state index contributed by atoms with van der Waals surface area (Å²) in [4.78, 5) is 32.4. The summed E-state index contributed by atoms with van der Waals surface area (Å²) in [7, 11) is 3.19. The topological polar surface area (TPSA) is 92.8 Å². The van der Waals surface area contributed by atoms with E-state index in [9.17, 15) is 9.59 Å². The van der Waals surface area contributed by atoms with E-state index < -0.39 is 6.04 Å². The van der Waals surface area contributed by atoms with E-state index in [1.54, 1.807) is 20.3 Å². The normalized spacial score (nSPS) is 14.3. The Balaban J connectivity index is 1.41. The number of benzene rings is 2. The minimum absolute atomic E-state index is 0.00633. The lowest BCUT2D eigenvalue weighted by atomic mass is 10.0. The zero-order valence-electron chi connectivity index (χ0n) is 20.0. The predicted octanol–water partition coefficient (Wildman–Crippen LogP) is 4.11. The quantitative estimate of drug-likeness (QED) is 0.465. The number of nitrogens with one attached hydrogen (secondary N) is 2. The van der Waals surface area contributed by atoms with Gasteiger partial charge in [-0.15, -0.1) is 11.3 Å². The van der Waals surface area contributed by atoms with Crippen molar-refractivity contribution < 1.29 is 19.1 Å². The van der Waals surface area contributed by atoms with Crippen LogP contribution in [0.3, 0.4) is 0 Å². The van der Waals surface area contributed by atoms with E-state index in [-0.39, 0.29) is 18.4 Å². The third kappa shape index (κ3) is 6.17. The highest BCUT2D eigenvalue weighted by atomic mass is 32.1. The summed E-state index contributed by atoms with van der Waals surface area (Å²) >= 11 is 1.33. The maximum Gasteiger partial charge on any atom is 0.244 e. The van der Waals surface area contributed by atoms with Crippen molar-refractivity contribution in [3.05, 3.63) is 59.5 Å². The second kappa shape index (κ2) is 11.8. The second-order valence-electron chi connectivity index (χ2n) is 8.26. The van der Waals surface area contributed by atoms with E-state index in [2.05, 4.69) is 15.6 Å². The fourth-order valence-corrected chi connectivity index (χ4v) is 4.84. The van der Waals surface area contributed by atoms with Crippen LogP contribution < -0.4 is 20.1 Å². The maximum absolute atomic E-state index is 13.2. The second-order valence-corrected chi connectivity index (χ2v) is 9.12. The number of carbonyl (C=O) groups is 2. The Bertz CT molecular complexity index is 1150. The lowest BCUT2D eigenvalue weighted by Crippen LogP contribution is -2.45. The number of anilines is 1. The number of likely N-dealkylation sites (tertiary alicyclic amines) is 1. The minimum atomic E-state index is -0.574. The Morgan fingerprint density at radius 3 is 2.54 bits per heavy atom. The van der Waals surface area contributed by atoms with Gasteiger partial charge in [-0.25, -0.2) is 4.98 Å². The number of amides is 2. The van der Waals surface area contributed by atoms with Gasteiger partial charge in [-0.05, 0) is 37.0 Å². The van der Waals surface area contributed by atoms with Crippen LogP contribution in [0.15, 0.2) is 53.9 Å². The Morgan fingerprint density at radius 1 is 1.06 bits per heavy atom. The smallest absolute Gasteiger partial charge is 0.244 e. The van der Waals surface area contributed by atoms with E-state index >= 15 is 0 Å². The molecule has 0 aliphatic carbocycles. The van der Waals surface area contributed by atoms with Crippen molar-refractivity contribution in [3.63, 3.8) is 0 Å². The monoisotopic (exact) mass is 494 g/mol. The maximum atomic E-state index is 13.2. The van der Waals surface area contributed by atoms with E-state index in [0.717, 1.165) is 43.5 Å². The fraction of sp³-hybridized carbons (Fsp3) is 0.346. The van der Waals surface area contributed by atoms with Gasteiger partial charge < -0.3 is 19.7 Å². The first-order chi connectivity index (χ1) is 17.1. The number of rotatable bonds is 9. The first-order valence-electron chi connectivity index (χ1n) is 11.6. The molecule has 1 saturated heterocycles. The van der Waals surface area contributed by atoms with E-state index in [1.807, 2.05) is 52.7 Å². The Kier molecular flexibility index (Phi) is 8.33. The molecule has 2 heterocycles. The number of ether oxygens (including phenoxy) is 2. The minimum Gasteiger partial charge on any atom is -0.497 e. The van der Waals surface area contributed by atoms with Crippen LogP contribution in [0.5, 0.6) is 11.5 Å². The molecule has 184 valence electrons. The Morgan fingerprint density at radius 2 is 1.83 bits per heavy atom. The zero-order valence-corrected chi connectivity index (χ0v) is 20.8. The van der Waals surface area contributed by atoms with Gasteiger partial charge in [-0.2, -0.15) is 0 Å². The molecule has 9 heteroatoms. The van der Waals surface area contributed by atoms with Crippen LogP contribution in [0.1, 0.15) is 30.9 Å². The summed E-state index contributed by atoms with van der Waals surface area (Å²) in [5, 5.41) is 8.33. The average molecular weight is 495 g/mol. The standard InChI is InChI=1S/C26H30N4O4S/c1-33-19-11-12-20(22(15-19)34-2)21-17-35-26(28-21)29-23(31)16-27-24(18-9-5-3-6-10-18)25(32)30-13-7-4-8-14-30/h3,5-6,9-12,15,17,24,27H,4,7-8,13-14,16H2,1-2H3,(H,28,29,31)/t24-/m0/s1. The SMILES string of the molecule is COc1ccc(-c2csc(NC(=O)CN[C@H](C(=O)N3CCCCC3)c3ccccc3)n2)c(OC)c1. The van der Waals surface area contributed by atoms with Crippen molar-refractivity contribution in [1.82, 2.24) is 15.2 Å². The van der Waals surface area contributed by atoms with Gasteiger partial charge in [0.05, 0.1) is 26.5 Å². The number of hydrogen-bond acceptors (Lipinski definition) is 7. The molecule has 1 atom stereocenters. The highest BCUT2D eigenvalue weighted by Crippen LogP contribution is 2.34. The summed E-state index contributed by atoms with van der Waals surface area (Å²) < 4.78 is 10.7. The molecule has 35 heavy (non-hydrogen) atoms. The van der Waals surface area contributed by atoms with Crippen molar-refractivity contribution in [2.24, 2.45) is 0 Å². The lowest BCUT2D eigenvalue weighted by Gasteiger charge is -2.31. The van der Waals surface area contributed by atoms with Crippen molar-refractivity contribution in [2.45, 2.75) is 25.3 Å². The van der Waals surface area contributed by atoms with Gasteiger partial charge in [0, 0.05) is 30.1 Å².